The van der Waals surface area contributed by atoms with E-state index in [4.69, 9.17) is 4.74 Å². The molecule has 0 radical (unpaired) electrons. The van der Waals surface area contributed by atoms with Crippen LogP contribution in [0.25, 0.3) is 0 Å². The fraction of sp³-hybridized carbons (Fsp3) is 0.727. The fourth-order valence-electron chi connectivity index (χ4n) is 1.36. The zero-order valence-electron chi connectivity index (χ0n) is 11.8. The predicted molar refractivity (Wildman–Crippen MR) is 79.0 cm³/mol. The largest absolute Gasteiger partial charge is 0.480 e. The molecule has 0 aromatic carbocycles. The first-order valence-corrected chi connectivity index (χ1v) is 8.65. The molecule has 1 N–H and O–H groups in total. The Labute approximate surface area is 118 Å². The third kappa shape index (κ3) is 4.96. The molecule has 0 spiro atoms. The molecule has 0 unspecified atom stereocenters. The Morgan fingerprint density at radius 1 is 1.42 bits per heavy atom. The summed E-state index contributed by atoms with van der Waals surface area (Å²) < 4.78 is 27.9. The summed E-state index contributed by atoms with van der Waals surface area (Å²) in [6.45, 7) is 2.66. The van der Waals surface area contributed by atoms with E-state index in [0.717, 1.165) is 10.0 Å². The van der Waals surface area contributed by atoms with E-state index in [0.29, 0.717) is 19.0 Å². The maximum atomic E-state index is 11.3. The summed E-state index contributed by atoms with van der Waals surface area (Å²) in [6.07, 6.45) is 0. The van der Waals surface area contributed by atoms with Crippen molar-refractivity contribution in [2.45, 2.75) is 13.5 Å². The first kappa shape index (κ1) is 16.2. The Bertz CT molecular complexity index is 497. The van der Waals surface area contributed by atoms with Crippen molar-refractivity contribution in [3.05, 3.63) is 4.88 Å². The van der Waals surface area contributed by atoms with E-state index < -0.39 is 9.84 Å². The summed E-state index contributed by atoms with van der Waals surface area (Å²) in [5.74, 6) is 0.939. The predicted octanol–water partition coefficient (Wildman–Crippen LogP) is 0.742. The minimum absolute atomic E-state index is 0.158. The first-order valence-electron chi connectivity index (χ1n) is 6.01. The Morgan fingerprint density at radius 2 is 2.11 bits per heavy atom. The summed E-state index contributed by atoms with van der Waals surface area (Å²) in [4.78, 5) is 7.22. The van der Waals surface area contributed by atoms with Crippen LogP contribution in [-0.4, -0.2) is 52.7 Å². The molecule has 1 aromatic heterocycles. The molecule has 6 nitrogen and oxygen atoms in total. The number of anilines is 1. The van der Waals surface area contributed by atoms with Crippen LogP contribution in [0.15, 0.2) is 0 Å². The SMILES string of the molecule is CCS(=O)(=O)CCNCc1sc(N(C)C)nc1OC. The van der Waals surface area contributed by atoms with Crippen LogP contribution in [0.2, 0.25) is 0 Å². The zero-order chi connectivity index (χ0) is 14.5. The van der Waals surface area contributed by atoms with E-state index in [1.165, 1.54) is 11.3 Å². The van der Waals surface area contributed by atoms with Crippen molar-refractivity contribution in [2.24, 2.45) is 0 Å². The van der Waals surface area contributed by atoms with Crippen LogP contribution in [0.1, 0.15) is 11.8 Å². The van der Waals surface area contributed by atoms with Gasteiger partial charge in [-0.3, -0.25) is 0 Å². The van der Waals surface area contributed by atoms with Crippen molar-refractivity contribution >= 4 is 26.3 Å². The van der Waals surface area contributed by atoms with Gasteiger partial charge in [0, 0.05) is 32.9 Å². The van der Waals surface area contributed by atoms with Crippen molar-refractivity contribution in [1.29, 1.82) is 0 Å². The highest BCUT2D eigenvalue weighted by Crippen LogP contribution is 2.29. The molecule has 0 fully saturated rings. The van der Waals surface area contributed by atoms with E-state index in [-0.39, 0.29) is 11.5 Å². The number of nitrogens with one attached hydrogen (secondary N) is 1. The number of aromatic nitrogens is 1. The Kier molecular flexibility index (Phi) is 6.02. The molecule has 0 saturated heterocycles. The molecule has 19 heavy (non-hydrogen) atoms. The quantitative estimate of drug-likeness (QED) is 0.714. The number of hydrogen-bond acceptors (Lipinski definition) is 7. The van der Waals surface area contributed by atoms with Crippen molar-refractivity contribution in [3.63, 3.8) is 0 Å². The smallest absolute Gasteiger partial charge is 0.230 e. The number of thiazole rings is 1. The van der Waals surface area contributed by atoms with Gasteiger partial charge in [-0.05, 0) is 0 Å². The molecule has 0 saturated carbocycles. The van der Waals surface area contributed by atoms with Crippen LogP contribution < -0.4 is 15.0 Å². The topological polar surface area (TPSA) is 71.5 Å². The average Bonchev–Trinajstić information content (AvgIpc) is 2.78. The normalized spacial score (nSPS) is 11.6. The van der Waals surface area contributed by atoms with E-state index >= 15 is 0 Å². The summed E-state index contributed by atoms with van der Waals surface area (Å²) in [7, 11) is 2.51. The highest BCUT2D eigenvalue weighted by molar-refractivity contribution is 7.91. The Hall–Kier alpha value is -0.860. The van der Waals surface area contributed by atoms with Gasteiger partial charge in [-0.1, -0.05) is 18.3 Å². The zero-order valence-corrected chi connectivity index (χ0v) is 13.4. The van der Waals surface area contributed by atoms with Crippen LogP contribution in [-0.2, 0) is 16.4 Å². The van der Waals surface area contributed by atoms with E-state index in [1.807, 2.05) is 19.0 Å². The molecular weight excluding hydrogens is 286 g/mol. The second kappa shape index (κ2) is 7.06. The monoisotopic (exact) mass is 307 g/mol. The lowest BCUT2D eigenvalue weighted by Gasteiger charge is -2.05. The van der Waals surface area contributed by atoms with Crippen molar-refractivity contribution in [3.8, 4) is 5.88 Å². The summed E-state index contributed by atoms with van der Waals surface area (Å²) in [5.41, 5.74) is 0. The van der Waals surface area contributed by atoms with Crippen molar-refractivity contribution in [1.82, 2.24) is 10.3 Å². The van der Waals surface area contributed by atoms with Gasteiger partial charge >= 0.3 is 0 Å². The lowest BCUT2D eigenvalue weighted by atomic mass is 10.5. The molecule has 0 aliphatic heterocycles. The fourth-order valence-corrected chi connectivity index (χ4v) is 3.03. The van der Waals surface area contributed by atoms with Gasteiger partial charge in [0.1, 0.15) is 0 Å². The summed E-state index contributed by atoms with van der Waals surface area (Å²) in [5, 5.41) is 3.98. The van der Waals surface area contributed by atoms with Gasteiger partial charge in [-0.25, -0.2) is 8.42 Å². The van der Waals surface area contributed by atoms with Crippen LogP contribution >= 0.6 is 11.3 Å². The average molecular weight is 307 g/mol. The highest BCUT2D eigenvalue weighted by Gasteiger charge is 2.13. The van der Waals surface area contributed by atoms with Crippen LogP contribution in [0, 0.1) is 0 Å². The van der Waals surface area contributed by atoms with Crippen LogP contribution in [0.3, 0.4) is 0 Å². The van der Waals surface area contributed by atoms with Crippen molar-refractivity contribution < 1.29 is 13.2 Å². The van der Waals surface area contributed by atoms with E-state index in [2.05, 4.69) is 10.3 Å². The standard InChI is InChI=1S/C11H21N3O3S2/c1-5-19(15,16)7-6-12-8-9-10(17-4)13-11(18-9)14(2)3/h12H,5-8H2,1-4H3. The van der Waals surface area contributed by atoms with E-state index in [9.17, 15) is 8.42 Å². The van der Waals surface area contributed by atoms with Crippen molar-refractivity contribution in [2.75, 3.05) is 44.2 Å². The number of rotatable bonds is 8. The Balaban J connectivity index is 2.53. The molecule has 110 valence electrons. The summed E-state index contributed by atoms with van der Waals surface area (Å²) in [6, 6.07) is 0. The first-order chi connectivity index (χ1) is 8.89. The summed E-state index contributed by atoms with van der Waals surface area (Å²) >= 11 is 1.53. The maximum Gasteiger partial charge on any atom is 0.230 e. The molecule has 0 atom stereocenters. The molecule has 1 aromatic rings. The van der Waals surface area contributed by atoms with Gasteiger partial charge in [0.15, 0.2) is 15.0 Å². The van der Waals surface area contributed by atoms with Crippen LogP contribution in [0.4, 0.5) is 5.13 Å². The highest BCUT2D eigenvalue weighted by atomic mass is 32.2. The van der Waals surface area contributed by atoms with Gasteiger partial charge in [-0.2, -0.15) is 4.98 Å². The Morgan fingerprint density at radius 3 is 2.63 bits per heavy atom. The number of ether oxygens (including phenoxy) is 1. The molecule has 0 bridgehead atoms. The number of nitrogens with zero attached hydrogens (tertiary/aromatic N) is 2. The lowest BCUT2D eigenvalue weighted by Crippen LogP contribution is -2.23. The second-order valence-electron chi connectivity index (χ2n) is 4.24. The molecule has 8 heteroatoms. The molecule has 1 heterocycles. The maximum absolute atomic E-state index is 11.3. The molecule has 0 aliphatic rings. The minimum atomic E-state index is -2.91. The van der Waals surface area contributed by atoms with Crippen LogP contribution in [0.5, 0.6) is 5.88 Å². The van der Waals surface area contributed by atoms with Gasteiger partial charge in [0.05, 0.1) is 17.7 Å². The number of sulfone groups is 1. The molecular formula is C11H21N3O3S2. The van der Waals surface area contributed by atoms with E-state index in [1.54, 1.807) is 14.0 Å². The molecule has 0 aliphatic carbocycles. The van der Waals surface area contributed by atoms with Gasteiger partial charge in [0.25, 0.3) is 0 Å². The van der Waals surface area contributed by atoms with Gasteiger partial charge < -0.3 is 15.0 Å². The molecule has 0 amide bonds. The number of methoxy groups -OCH3 is 1. The van der Waals surface area contributed by atoms with Gasteiger partial charge in [-0.15, -0.1) is 0 Å². The third-order valence-corrected chi connectivity index (χ3v) is 5.45. The third-order valence-electron chi connectivity index (χ3n) is 2.54. The van der Waals surface area contributed by atoms with Gasteiger partial charge in [0.2, 0.25) is 5.88 Å². The molecule has 1 rings (SSSR count). The number of hydrogen-bond donors (Lipinski definition) is 1. The minimum Gasteiger partial charge on any atom is -0.480 e. The second-order valence-corrected chi connectivity index (χ2v) is 7.77. The lowest BCUT2D eigenvalue weighted by molar-refractivity contribution is 0.395.